The Labute approximate surface area is 83.3 Å². The van der Waals surface area contributed by atoms with E-state index in [1.165, 1.54) is 0 Å². The highest BCUT2D eigenvalue weighted by atomic mass is 16.1. The number of Topliss-reactive ketones (excluding diaryl/α,β-unsaturated/α-hetero) is 1. The molecule has 2 heterocycles. The van der Waals surface area contributed by atoms with Crippen LogP contribution in [0.25, 0.3) is 0 Å². The van der Waals surface area contributed by atoms with Gasteiger partial charge in [-0.2, -0.15) is 5.10 Å². The van der Waals surface area contributed by atoms with Crippen LogP contribution in [-0.4, -0.2) is 20.5 Å². The number of rotatable bonds is 0. The van der Waals surface area contributed by atoms with E-state index in [0.717, 1.165) is 11.6 Å². The van der Waals surface area contributed by atoms with Crippen molar-refractivity contribution in [2.75, 3.05) is 0 Å². The highest BCUT2D eigenvalue weighted by Gasteiger charge is 2.24. The SMILES string of the molecule is CC(C)(C)c1nc2n(n1)CCC(=O)C2. The standard InChI is InChI=1S/C10H15N3O/c1-10(2,3)9-11-8-6-7(14)4-5-13(8)12-9/h4-6H2,1-3H3. The Morgan fingerprint density at radius 3 is 2.71 bits per heavy atom. The second kappa shape index (κ2) is 2.90. The minimum atomic E-state index is -0.0343. The van der Waals surface area contributed by atoms with Crippen LogP contribution in [0, 0.1) is 0 Å². The lowest BCUT2D eigenvalue weighted by atomic mass is 9.96. The minimum Gasteiger partial charge on any atom is -0.299 e. The van der Waals surface area contributed by atoms with E-state index in [0.29, 0.717) is 19.4 Å². The molecule has 0 amide bonds. The lowest BCUT2D eigenvalue weighted by Crippen LogP contribution is -2.19. The van der Waals surface area contributed by atoms with Gasteiger partial charge in [0, 0.05) is 18.4 Å². The molecule has 0 bridgehead atoms. The summed E-state index contributed by atoms with van der Waals surface area (Å²) in [6, 6.07) is 0. The molecular weight excluding hydrogens is 178 g/mol. The number of aryl methyl sites for hydroxylation is 1. The van der Waals surface area contributed by atoms with E-state index in [-0.39, 0.29) is 11.2 Å². The number of nitrogens with zero attached hydrogens (tertiary/aromatic N) is 3. The summed E-state index contributed by atoms with van der Waals surface area (Å²) in [6.45, 7) is 6.93. The molecule has 14 heavy (non-hydrogen) atoms. The lowest BCUT2D eigenvalue weighted by Gasteiger charge is -2.12. The third-order valence-electron chi connectivity index (χ3n) is 2.38. The van der Waals surface area contributed by atoms with Crippen LogP contribution in [0.15, 0.2) is 0 Å². The van der Waals surface area contributed by atoms with Crippen LogP contribution in [-0.2, 0) is 23.2 Å². The average Bonchev–Trinajstić information content (AvgIpc) is 2.45. The largest absolute Gasteiger partial charge is 0.299 e. The van der Waals surface area contributed by atoms with Crippen LogP contribution in [0.3, 0.4) is 0 Å². The monoisotopic (exact) mass is 193 g/mol. The van der Waals surface area contributed by atoms with E-state index in [2.05, 4.69) is 30.9 Å². The van der Waals surface area contributed by atoms with Gasteiger partial charge < -0.3 is 0 Å². The molecule has 0 aromatic carbocycles. The van der Waals surface area contributed by atoms with E-state index < -0.39 is 0 Å². The van der Waals surface area contributed by atoms with Crippen molar-refractivity contribution in [3.8, 4) is 0 Å². The fourth-order valence-electron chi connectivity index (χ4n) is 1.50. The first kappa shape index (κ1) is 9.37. The normalized spacial score (nSPS) is 16.9. The summed E-state index contributed by atoms with van der Waals surface area (Å²) in [5, 5.41) is 4.41. The highest BCUT2D eigenvalue weighted by Crippen LogP contribution is 2.20. The number of aromatic nitrogens is 3. The number of hydrogen-bond donors (Lipinski definition) is 0. The quantitative estimate of drug-likeness (QED) is 0.619. The molecule has 0 fully saturated rings. The molecule has 0 saturated carbocycles. The molecule has 1 aromatic heterocycles. The molecule has 0 radical (unpaired) electrons. The zero-order valence-electron chi connectivity index (χ0n) is 8.87. The number of carbonyl (C=O) groups is 1. The zero-order chi connectivity index (χ0) is 10.3. The van der Waals surface area contributed by atoms with Crippen molar-refractivity contribution in [2.24, 2.45) is 0 Å². The molecule has 0 atom stereocenters. The molecule has 76 valence electrons. The van der Waals surface area contributed by atoms with Crippen molar-refractivity contribution in [1.29, 1.82) is 0 Å². The summed E-state index contributed by atoms with van der Waals surface area (Å²) in [5.74, 6) is 1.93. The second-order valence-electron chi connectivity index (χ2n) is 4.79. The molecular formula is C10H15N3O. The van der Waals surface area contributed by atoms with Crippen molar-refractivity contribution in [1.82, 2.24) is 14.8 Å². The maximum atomic E-state index is 11.2. The Kier molecular flexibility index (Phi) is 1.94. The molecule has 0 spiro atoms. The van der Waals surface area contributed by atoms with Gasteiger partial charge in [-0.25, -0.2) is 9.67 Å². The van der Waals surface area contributed by atoms with E-state index in [1.54, 1.807) is 0 Å². The predicted molar refractivity (Wildman–Crippen MR) is 52.1 cm³/mol. The Bertz CT molecular complexity index is 373. The van der Waals surface area contributed by atoms with Crippen molar-refractivity contribution in [3.05, 3.63) is 11.6 Å². The Morgan fingerprint density at radius 1 is 1.36 bits per heavy atom. The first-order valence-corrected chi connectivity index (χ1v) is 4.93. The van der Waals surface area contributed by atoms with Gasteiger partial charge in [0.1, 0.15) is 11.6 Å². The van der Waals surface area contributed by atoms with Crippen LogP contribution in [0.4, 0.5) is 0 Å². The first-order valence-electron chi connectivity index (χ1n) is 4.93. The third kappa shape index (κ3) is 1.56. The van der Waals surface area contributed by atoms with E-state index in [1.807, 2.05) is 4.68 Å². The van der Waals surface area contributed by atoms with Gasteiger partial charge in [-0.1, -0.05) is 20.8 Å². The maximum Gasteiger partial charge on any atom is 0.156 e. The van der Waals surface area contributed by atoms with Gasteiger partial charge in [-0.3, -0.25) is 4.79 Å². The summed E-state index contributed by atoms with van der Waals surface area (Å²) in [7, 11) is 0. The van der Waals surface area contributed by atoms with Gasteiger partial charge in [0.2, 0.25) is 0 Å². The number of carbonyl (C=O) groups excluding carboxylic acids is 1. The smallest absolute Gasteiger partial charge is 0.156 e. The molecule has 1 aliphatic heterocycles. The number of ketones is 1. The first-order chi connectivity index (χ1) is 6.47. The fraction of sp³-hybridized carbons (Fsp3) is 0.700. The van der Waals surface area contributed by atoms with Gasteiger partial charge in [-0.15, -0.1) is 0 Å². The highest BCUT2D eigenvalue weighted by molar-refractivity contribution is 5.80. The molecule has 1 aliphatic rings. The summed E-state index contributed by atoms with van der Waals surface area (Å²) in [5.41, 5.74) is -0.0343. The third-order valence-corrected chi connectivity index (χ3v) is 2.38. The van der Waals surface area contributed by atoms with Crippen molar-refractivity contribution < 1.29 is 4.79 Å². The van der Waals surface area contributed by atoms with Gasteiger partial charge in [0.05, 0.1) is 6.42 Å². The van der Waals surface area contributed by atoms with Crippen molar-refractivity contribution >= 4 is 5.78 Å². The summed E-state index contributed by atoms with van der Waals surface area (Å²) in [4.78, 5) is 15.6. The summed E-state index contributed by atoms with van der Waals surface area (Å²) in [6.07, 6.45) is 1.04. The van der Waals surface area contributed by atoms with Gasteiger partial charge in [0.15, 0.2) is 5.82 Å². The maximum absolute atomic E-state index is 11.2. The molecule has 2 rings (SSSR count). The van der Waals surface area contributed by atoms with Gasteiger partial charge in [-0.05, 0) is 0 Å². The Morgan fingerprint density at radius 2 is 2.07 bits per heavy atom. The molecule has 0 unspecified atom stereocenters. The van der Waals surface area contributed by atoms with Crippen LogP contribution < -0.4 is 0 Å². The van der Waals surface area contributed by atoms with Crippen molar-refractivity contribution in [3.63, 3.8) is 0 Å². The predicted octanol–water partition coefficient (Wildman–Crippen LogP) is 1.09. The number of hydrogen-bond acceptors (Lipinski definition) is 3. The average molecular weight is 193 g/mol. The number of fused-ring (bicyclic) bond motifs is 1. The molecule has 0 saturated heterocycles. The molecule has 4 nitrogen and oxygen atoms in total. The zero-order valence-corrected chi connectivity index (χ0v) is 8.87. The molecule has 4 heteroatoms. The lowest BCUT2D eigenvalue weighted by molar-refractivity contribution is -0.119. The fourth-order valence-corrected chi connectivity index (χ4v) is 1.50. The van der Waals surface area contributed by atoms with Crippen LogP contribution >= 0.6 is 0 Å². The topological polar surface area (TPSA) is 47.8 Å². The molecule has 1 aromatic rings. The van der Waals surface area contributed by atoms with Crippen LogP contribution in [0.5, 0.6) is 0 Å². The Hall–Kier alpha value is -1.19. The van der Waals surface area contributed by atoms with Gasteiger partial charge in [0.25, 0.3) is 0 Å². The van der Waals surface area contributed by atoms with Gasteiger partial charge >= 0.3 is 0 Å². The summed E-state index contributed by atoms with van der Waals surface area (Å²) >= 11 is 0. The van der Waals surface area contributed by atoms with E-state index in [4.69, 9.17) is 0 Å². The molecule has 0 N–H and O–H groups in total. The van der Waals surface area contributed by atoms with Crippen LogP contribution in [0.2, 0.25) is 0 Å². The molecule has 0 aliphatic carbocycles. The second-order valence-corrected chi connectivity index (χ2v) is 4.79. The Balaban J connectivity index is 2.37. The van der Waals surface area contributed by atoms with E-state index in [9.17, 15) is 4.79 Å². The summed E-state index contributed by atoms with van der Waals surface area (Å²) < 4.78 is 1.86. The van der Waals surface area contributed by atoms with Crippen molar-refractivity contribution in [2.45, 2.75) is 45.6 Å². The van der Waals surface area contributed by atoms with Crippen LogP contribution in [0.1, 0.15) is 38.8 Å². The minimum absolute atomic E-state index is 0.0343. The van der Waals surface area contributed by atoms with E-state index >= 15 is 0 Å².